The summed E-state index contributed by atoms with van der Waals surface area (Å²) < 4.78 is 17.0. The Bertz CT molecular complexity index is 915. The largest absolute Gasteiger partial charge is 0.497 e. The average molecular weight is 360 g/mol. The van der Waals surface area contributed by atoms with E-state index >= 15 is 0 Å². The molecular formula is C24H24O3. The van der Waals surface area contributed by atoms with Crippen LogP contribution >= 0.6 is 0 Å². The molecule has 1 unspecified atom stereocenters. The zero-order valence-corrected chi connectivity index (χ0v) is 15.8. The fourth-order valence-electron chi connectivity index (χ4n) is 3.48. The summed E-state index contributed by atoms with van der Waals surface area (Å²) in [5.74, 6) is 3.18. The molecule has 4 rings (SSSR count). The first-order valence-electron chi connectivity index (χ1n) is 9.39. The molecule has 3 heteroatoms. The van der Waals surface area contributed by atoms with Gasteiger partial charge in [0.15, 0.2) is 0 Å². The minimum atomic E-state index is 0.509. The Morgan fingerprint density at radius 1 is 0.926 bits per heavy atom. The van der Waals surface area contributed by atoms with Gasteiger partial charge in [-0.15, -0.1) is 0 Å². The van der Waals surface area contributed by atoms with Gasteiger partial charge in [-0.05, 0) is 47.4 Å². The van der Waals surface area contributed by atoms with Crippen LogP contribution in [0, 0.1) is 0 Å². The van der Waals surface area contributed by atoms with E-state index in [9.17, 15) is 0 Å². The molecule has 3 nitrogen and oxygen atoms in total. The molecule has 0 radical (unpaired) electrons. The number of benzene rings is 3. The van der Waals surface area contributed by atoms with Crippen LogP contribution in [0.25, 0.3) is 11.1 Å². The van der Waals surface area contributed by atoms with E-state index in [2.05, 4.69) is 49.4 Å². The van der Waals surface area contributed by atoms with Crippen molar-refractivity contribution in [1.82, 2.24) is 0 Å². The first kappa shape index (κ1) is 17.5. The molecule has 0 spiro atoms. The summed E-state index contributed by atoms with van der Waals surface area (Å²) in [4.78, 5) is 0. The number of hydrogen-bond acceptors (Lipinski definition) is 3. The predicted molar refractivity (Wildman–Crippen MR) is 108 cm³/mol. The molecule has 0 bridgehead atoms. The van der Waals surface area contributed by atoms with E-state index in [1.807, 2.05) is 24.3 Å². The highest BCUT2D eigenvalue weighted by Gasteiger charge is 2.22. The van der Waals surface area contributed by atoms with Gasteiger partial charge in [0, 0.05) is 17.5 Å². The van der Waals surface area contributed by atoms with Gasteiger partial charge in [0.2, 0.25) is 0 Å². The molecule has 27 heavy (non-hydrogen) atoms. The van der Waals surface area contributed by atoms with E-state index in [1.165, 1.54) is 11.1 Å². The molecule has 1 aliphatic rings. The maximum atomic E-state index is 6.01. The van der Waals surface area contributed by atoms with Crippen molar-refractivity contribution in [2.24, 2.45) is 0 Å². The van der Waals surface area contributed by atoms with E-state index in [-0.39, 0.29) is 0 Å². The maximum absolute atomic E-state index is 6.01. The van der Waals surface area contributed by atoms with Gasteiger partial charge in [0.05, 0.1) is 13.7 Å². The molecule has 3 aromatic rings. The van der Waals surface area contributed by atoms with Crippen LogP contribution < -0.4 is 14.2 Å². The fourth-order valence-corrected chi connectivity index (χ4v) is 3.48. The standard InChI is InChI=1S/C24H24O3/c1-3-18-16-27-24-14-22(11-12-23(18)24)26-15-17-5-4-6-20(13-17)19-7-9-21(25-2)10-8-19/h4-14,18H,3,15-16H2,1-2H3. The molecule has 0 saturated carbocycles. The molecule has 0 aliphatic carbocycles. The highest BCUT2D eigenvalue weighted by Crippen LogP contribution is 2.38. The third kappa shape index (κ3) is 3.77. The molecule has 3 aromatic carbocycles. The molecule has 1 heterocycles. The average Bonchev–Trinajstić information content (AvgIpc) is 3.15. The quantitative estimate of drug-likeness (QED) is 0.554. The van der Waals surface area contributed by atoms with Crippen LogP contribution in [0.1, 0.15) is 30.4 Å². The van der Waals surface area contributed by atoms with Crippen molar-refractivity contribution in [3.63, 3.8) is 0 Å². The molecular weight excluding hydrogens is 336 g/mol. The molecule has 138 valence electrons. The maximum Gasteiger partial charge on any atom is 0.126 e. The Balaban J connectivity index is 1.46. The first-order valence-corrected chi connectivity index (χ1v) is 9.39. The van der Waals surface area contributed by atoms with Crippen LogP contribution in [-0.4, -0.2) is 13.7 Å². The zero-order valence-electron chi connectivity index (χ0n) is 15.8. The zero-order chi connectivity index (χ0) is 18.6. The van der Waals surface area contributed by atoms with Gasteiger partial charge in [-0.3, -0.25) is 0 Å². The third-order valence-corrected chi connectivity index (χ3v) is 5.11. The SMILES string of the molecule is CCC1COc2cc(OCc3cccc(-c4ccc(OC)cc4)c3)ccc21. The van der Waals surface area contributed by atoms with Gasteiger partial charge < -0.3 is 14.2 Å². The van der Waals surface area contributed by atoms with Crippen molar-refractivity contribution in [2.75, 3.05) is 13.7 Å². The lowest BCUT2D eigenvalue weighted by molar-refractivity contribution is 0.300. The van der Waals surface area contributed by atoms with Crippen molar-refractivity contribution in [1.29, 1.82) is 0 Å². The van der Waals surface area contributed by atoms with E-state index in [0.717, 1.165) is 41.4 Å². The molecule has 1 aliphatic heterocycles. The van der Waals surface area contributed by atoms with Crippen LogP contribution in [0.2, 0.25) is 0 Å². The minimum Gasteiger partial charge on any atom is -0.497 e. The second-order valence-corrected chi connectivity index (χ2v) is 6.83. The van der Waals surface area contributed by atoms with Gasteiger partial charge in [0.25, 0.3) is 0 Å². The summed E-state index contributed by atoms with van der Waals surface area (Å²) in [6, 6.07) is 22.7. The molecule has 0 fully saturated rings. The smallest absolute Gasteiger partial charge is 0.126 e. The second-order valence-electron chi connectivity index (χ2n) is 6.83. The summed E-state index contributed by atoms with van der Waals surface area (Å²) in [5.41, 5.74) is 4.76. The Morgan fingerprint density at radius 2 is 1.74 bits per heavy atom. The van der Waals surface area contributed by atoms with E-state index < -0.39 is 0 Å². The van der Waals surface area contributed by atoms with Gasteiger partial charge >= 0.3 is 0 Å². The van der Waals surface area contributed by atoms with Crippen molar-refractivity contribution in [3.8, 4) is 28.4 Å². The molecule has 0 aromatic heterocycles. The van der Waals surface area contributed by atoms with Gasteiger partial charge in [-0.2, -0.15) is 0 Å². The van der Waals surface area contributed by atoms with Crippen LogP contribution in [0.4, 0.5) is 0 Å². The van der Waals surface area contributed by atoms with Crippen molar-refractivity contribution < 1.29 is 14.2 Å². The first-order chi connectivity index (χ1) is 13.3. The highest BCUT2D eigenvalue weighted by atomic mass is 16.5. The summed E-state index contributed by atoms with van der Waals surface area (Å²) >= 11 is 0. The van der Waals surface area contributed by atoms with Crippen LogP contribution in [-0.2, 0) is 6.61 Å². The van der Waals surface area contributed by atoms with Gasteiger partial charge in [0.1, 0.15) is 23.9 Å². The highest BCUT2D eigenvalue weighted by molar-refractivity contribution is 5.64. The van der Waals surface area contributed by atoms with Crippen molar-refractivity contribution >= 4 is 0 Å². The van der Waals surface area contributed by atoms with Gasteiger partial charge in [-0.1, -0.05) is 43.3 Å². The Morgan fingerprint density at radius 3 is 2.52 bits per heavy atom. The normalized spacial score (nSPS) is 15.1. The lowest BCUT2D eigenvalue weighted by Crippen LogP contribution is -1.97. The van der Waals surface area contributed by atoms with Gasteiger partial charge in [-0.25, -0.2) is 0 Å². The summed E-state index contributed by atoms with van der Waals surface area (Å²) in [7, 11) is 1.68. The summed E-state index contributed by atoms with van der Waals surface area (Å²) in [5, 5.41) is 0. The van der Waals surface area contributed by atoms with Crippen molar-refractivity contribution in [2.45, 2.75) is 25.9 Å². The van der Waals surface area contributed by atoms with Crippen LogP contribution in [0.15, 0.2) is 66.7 Å². The fraction of sp³-hybridized carbons (Fsp3) is 0.250. The van der Waals surface area contributed by atoms with E-state index in [1.54, 1.807) is 7.11 Å². The molecule has 0 saturated heterocycles. The summed E-state index contributed by atoms with van der Waals surface area (Å²) in [6.45, 7) is 3.50. The Labute approximate surface area is 160 Å². The van der Waals surface area contributed by atoms with Crippen molar-refractivity contribution in [3.05, 3.63) is 77.9 Å². The Kier molecular flexibility index (Phi) is 5.01. The Hall–Kier alpha value is -2.94. The minimum absolute atomic E-state index is 0.509. The molecule has 0 amide bonds. The number of fused-ring (bicyclic) bond motifs is 1. The topological polar surface area (TPSA) is 27.7 Å². The van der Waals surface area contributed by atoms with Crippen LogP contribution in [0.5, 0.6) is 17.2 Å². The number of rotatable bonds is 6. The predicted octanol–water partition coefficient (Wildman–Crippen LogP) is 5.83. The second kappa shape index (κ2) is 7.75. The summed E-state index contributed by atoms with van der Waals surface area (Å²) in [6.07, 6.45) is 1.10. The molecule has 0 N–H and O–H groups in total. The van der Waals surface area contributed by atoms with Crippen LogP contribution in [0.3, 0.4) is 0 Å². The third-order valence-electron chi connectivity index (χ3n) is 5.11. The molecule has 1 atom stereocenters. The number of methoxy groups -OCH3 is 1. The lowest BCUT2D eigenvalue weighted by Gasteiger charge is -2.10. The number of ether oxygens (including phenoxy) is 3. The monoisotopic (exact) mass is 360 g/mol. The van der Waals surface area contributed by atoms with E-state index in [4.69, 9.17) is 14.2 Å². The lowest BCUT2D eigenvalue weighted by atomic mass is 9.99. The van der Waals surface area contributed by atoms with E-state index in [0.29, 0.717) is 12.5 Å². The number of hydrogen-bond donors (Lipinski definition) is 0.